The van der Waals surface area contributed by atoms with Crippen molar-refractivity contribution in [2.24, 2.45) is 11.3 Å². The molecule has 1 aromatic rings. The van der Waals surface area contributed by atoms with Crippen molar-refractivity contribution >= 4 is 11.9 Å². The molecule has 4 rings (SSSR count). The molecule has 0 N–H and O–H groups in total. The van der Waals surface area contributed by atoms with E-state index in [-0.39, 0.29) is 5.41 Å². The number of rotatable bonds is 2. The Morgan fingerprint density at radius 3 is 2.83 bits per heavy atom. The van der Waals surface area contributed by atoms with Crippen molar-refractivity contribution in [3.05, 3.63) is 18.5 Å². The summed E-state index contributed by atoms with van der Waals surface area (Å²) in [7, 11) is 0. The number of ether oxygens (including phenoxy) is 1. The quantitative estimate of drug-likeness (QED) is 0.824. The summed E-state index contributed by atoms with van der Waals surface area (Å²) in [6.45, 7) is 4.81. The molecule has 0 bridgehead atoms. The molecule has 2 saturated heterocycles. The van der Waals surface area contributed by atoms with Crippen molar-refractivity contribution in [1.29, 1.82) is 0 Å². The van der Waals surface area contributed by atoms with E-state index >= 15 is 0 Å². The molecule has 1 atom stereocenters. The maximum atomic E-state index is 12.5. The van der Waals surface area contributed by atoms with Gasteiger partial charge in [-0.05, 0) is 31.7 Å². The smallest absolute Gasteiger partial charge is 0.225 e. The molecular formula is C17H24N4O2. The number of aromatic nitrogens is 2. The van der Waals surface area contributed by atoms with E-state index in [1.54, 1.807) is 12.4 Å². The molecule has 2 aliphatic heterocycles. The van der Waals surface area contributed by atoms with Crippen LogP contribution in [0.25, 0.3) is 0 Å². The van der Waals surface area contributed by atoms with Gasteiger partial charge in [-0.1, -0.05) is 0 Å². The number of amides is 1. The van der Waals surface area contributed by atoms with Crippen LogP contribution in [-0.2, 0) is 9.53 Å². The highest BCUT2D eigenvalue weighted by atomic mass is 16.5. The monoisotopic (exact) mass is 316 g/mol. The zero-order valence-electron chi connectivity index (χ0n) is 13.5. The third kappa shape index (κ3) is 3.17. The molecule has 6 nitrogen and oxygen atoms in total. The highest BCUT2D eigenvalue weighted by Crippen LogP contribution is 2.37. The van der Waals surface area contributed by atoms with Gasteiger partial charge in [-0.25, -0.2) is 9.97 Å². The Morgan fingerprint density at radius 1 is 1.22 bits per heavy atom. The van der Waals surface area contributed by atoms with Crippen LogP contribution in [0.4, 0.5) is 5.95 Å². The molecule has 3 fully saturated rings. The van der Waals surface area contributed by atoms with Gasteiger partial charge in [0.25, 0.3) is 0 Å². The SMILES string of the molecule is O=C(C1CC1)N1CCC[C@@]2(COCCN(c3ncccn3)C2)C1. The molecule has 124 valence electrons. The van der Waals surface area contributed by atoms with Gasteiger partial charge in [0.1, 0.15) is 0 Å². The van der Waals surface area contributed by atoms with Crippen LogP contribution in [0.1, 0.15) is 25.7 Å². The van der Waals surface area contributed by atoms with Crippen LogP contribution in [0.5, 0.6) is 0 Å². The van der Waals surface area contributed by atoms with Gasteiger partial charge in [0.15, 0.2) is 0 Å². The number of nitrogens with zero attached hydrogens (tertiary/aromatic N) is 4. The lowest BCUT2D eigenvalue weighted by atomic mass is 9.80. The molecule has 0 unspecified atom stereocenters. The Labute approximate surface area is 136 Å². The zero-order valence-corrected chi connectivity index (χ0v) is 13.5. The average Bonchev–Trinajstić information content (AvgIpc) is 3.43. The van der Waals surface area contributed by atoms with Gasteiger partial charge < -0.3 is 14.5 Å². The highest BCUT2D eigenvalue weighted by Gasteiger charge is 2.43. The second-order valence-corrected chi connectivity index (χ2v) is 7.16. The molecule has 1 saturated carbocycles. The van der Waals surface area contributed by atoms with Gasteiger partial charge in [-0.15, -0.1) is 0 Å². The van der Waals surface area contributed by atoms with E-state index < -0.39 is 0 Å². The van der Waals surface area contributed by atoms with E-state index in [1.165, 1.54) is 0 Å². The standard InChI is InChI=1S/C17H24N4O2/c22-15(14-3-4-14)20-8-1-5-17(11-20)12-21(9-10-23-13-17)16-18-6-2-7-19-16/h2,6-7,14H,1,3-5,8-13H2/t17-/m1/s1. The van der Waals surface area contributed by atoms with Crippen molar-refractivity contribution < 1.29 is 9.53 Å². The van der Waals surface area contributed by atoms with Gasteiger partial charge in [0, 0.05) is 49.9 Å². The van der Waals surface area contributed by atoms with E-state index in [9.17, 15) is 4.79 Å². The van der Waals surface area contributed by atoms with Gasteiger partial charge in [0.05, 0.1) is 13.2 Å². The van der Waals surface area contributed by atoms with Crippen LogP contribution in [0, 0.1) is 11.3 Å². The summed E-state index contributed by atoms with van der Waals surface area (Å²) in [6.07, 6.45) is 7.87. The van der Waals surface area contributed by atoms with Crippen LogP contribution in [0.15, 0.2) is 18.5 Å². The lowest BCUT2D eigenvalue weighted by Gasteiger charge is -2.43. The summed E-state index contributed by atoms with van der Waals surface area (Å²) in [6, 6.07) is 1.84. The van der Waals surface area contributed by atoms with Crippen molar-refractivity contribution in [3.8, 4) is 0 Å². The third-order valence-corrected chi connectivity index (χ3v) is 5.17. The molecule has 0 radical (unpaired) electrons. The normalized spacial score (nSPS) is 28.7. The second-order valence-electron chi connectivity index (χ2n) is 7.16. The van der Waals surface area contributed by atoms with Crippen LogP contribution in [0.3, 0.4) is 0 Å². The predicted octanol–water partition coefficient (Wildman–Crippen LogP) is 1.33. The fourth-order valence-corrected chi connectivity index (χ4v) is 3.85. The number of carbonyl (C=O) groups excluding carboxylic acids is 1. The third-order valence-electron chi connectivity index (χ3n) is 5.17. The summed E-state index contributed by atoms with van der Waals surface area (Å²) in [4.78, 5) is 25.6. The second kappa shape index (κ2) is 6.07. The average molecular weight is 316 g/mol. The molecule has 23 heavy (non-hydrogen) atoms. The van der Waals surface area contributed by atoms with Crippen LogP contribution in [-0.4, -0.2) is 60.2 Å². The van der Waals surface area contributed by atoms with Crippen LogP contribution < -0.4 is 4.90 Å². The molecule has 3 heterocycles. The van der Waals surface area contributed by atoms with Crippen LogP contribution >= 0.6 is 0 Å². The number of likely N-dealkylation sites (tertiary alicyclic amines) is 1. The van der Waals surface area contributed by atoms with Crippen molar-refractivity contribution in [2.75, 3.05) is 44.3 Å². The lowest BCUT2D eigenvalue weighted by Crippen LogP contribution is -2.52. The Balaban J connectivity index is 1.52. The topological polar surface area (TPSA) is 58.6 Å². The summed E-state index contributed by atoms with van der Waals surface area (Å²) >= 11 is 0. The first kappa shape index (κ1) is 14.9. The summed E-state index contributed by atoms with van der Waals surface area (Å²) in [5.41, 5.74) is 0.0124. The first-order valence-electron chi connectivity index (χ1n) is 8.64. The molecule has 1 spiro atoms. The molecule has 1 amide bonds. The number of hydrogen-bond acceptors (Lipinski definition) is 5. The van der Waals surface area contributed by atoms with Crippen molar-refractivity contribution in [1.82, 2.24) is 14.9 Å². The maximum absolute atomic E-state index is 12.5. The first-order chi connectivity index (χ1) is 11.3. The van der Waals surface area contributed by atoms with Crippen molar-refractivity contribution in [2.45, 2.75) is 25.7 Å². The fourth-order valence-electron chi connectivity index (χ4n) is 3.85. The van der Waals surface area contributed by atoms with E-state index in [1.807, 2.05) is 6.07 Å². The Hall–Kier alpha value is -1.69. The van der Waals surface area contributed by atoms with E-state index in [4.69, 9.17) is 4.74 Å². The minimum absolute atomic E-state index is 0.0124. The van der Waals surface area contributed by atoms with Gasteiger partial charge in [0.2, 0.25) is 11.9 Å². The molecule has 3 aliphatic rings. The molecular weight excluding hydrogens is 292 g/mol. The zero-order chi connectivity index (χ0) is 15.7. The first-order valence-corrected chi connectivity index (χ1v) is 8.64. The summed E-state index contributed by atoms with van der Waals surface area (Å²) in [5, 5.41) is 0. The van der Waals surface area contributed by atoms with Gasteiger partial charge in [-0.3, -0.25) is 4.79 Å². The molecule has 0 aromatic carbocycles. The predicted molar refractivity (Wildman–Crippen MR) is 86.0 cm³/mol. The molecule has 6 heteroatoms. The number of piperidine rings is 1. The fraction of sp³-hybridized carbons (Fsp3) is 0.706. The van der Waals surface area contributed by atoms with Gasteiger partial charge in [-0.2, -0.15) is 0 Å². The number of hydrogen-bond donors (Lipinski definition) is 0. The largest absolute Gasteiger partial charge is 0.379 e. The van der Waals surface area contributed by atoms with E-state index in [2.05, 4.69) is 19.8 Å². The lowest BCUT2D eigenvalue weighted by molar-refractivity contribution is -0.136. The Morgan fingerprint density at radius 2 is 2.04 bits per heavy atom. The highest BCUT2D eigenvalue weighted by molar-refractivity contribution is 5.81. The number of carbonyl (C=O) groups is 1. The Bertz CT molecular complexity index is 563. The number of anilines is 1. The summed E-state index contributed by atoms with van der Waals surface area (Å²) in [5.74, 6) is 1.42. The van der Waals surface area contributed by atoms with Crippen molar-refractivity contribution in [3.63, 3.8) is 0 Å². The Kier molecular flexibility index (Phi) is 3.93. The van der Waals surface area contributed by atoms with Gasteiger partial charge >= 0.3 is 0 Å². The van der Waals surface area contributed by atoms with Crippen LogP contribution in [0.2, 0.25) is 0 Å². The van der Waals surface area contributed by atoms with E-state index in [0.717, 1.165) is 64.4 Å². The minimum Gasteiger partial charge on any atom is -0.379 e. The molecule has 1 aliphatic carbocycles. The molecule has 1 aromatic heterocycles. The summed E-state index contributed by atoms with van der Waals surface area (Å²) < 4.78 is 5.91. The maximum Gasteiger partial charge on any atom is 0.225 e. The minimum atomic E-state index is 0.0124. The van der Waals surface area contributed by atoms with E-state index in [0.29, 0.717) is 18.4 Å².